The summed E-state index contributed by atoms with van der Waals surface area (Å²) in [5, 5.41) is 6.53. The first-order valence-corrected chi connectivity index (χ1v) is 12.7. The maximum absolute atomic E-state index is 14.2. The Morgan fingerprint density at radius 3 is 2.81 bits per heavy atom. The van der Waals surface area contributed by atoms with Crippen LogP contribution in [0.2, 0.25) is 0 Å². The first-order valence-electron chi connectivity index (χ1n) is 12.7. The summed E-state index contributed by atoms with van der Waals surface area (Å²) in [5.74, 6) is -0.435. The number of rotatable bonds is 13. The average molecular weight is 512 g/mol. The van der Waals surface area contributed by atoms with Crippen LogP contribution in [0.5, 0.6) is 0 Å². The molecule has 0 spiro atoms. The molecule has 8 nitrogen and oxygen atoms in total. The lowest BCUT2D eigenvalue weighted by Gasteiger charge is -2.29. The number of anilines is 1. The van der Waals surface area contributed by atoms with Crippen LogP contribution in [0.3, 0.4) is 0 Å². The second-order valence-electron chi connectivity index (χ2n) is 9.40. The third-order valence-electron chi connectivity index (χ3n) is 6.73. The largest absolute Gasteiger partial charge is 0.469 e. The number of unbranched alkanes of at least 4 members (excludes halogenated alkanes) is 2. The Morgan fingerprint density at radius 2 is 2.05 bits per heavy atom. The van der Waals surface area contributed by atoms with Crippen LogP contribution in [0.15, 0.2) is 53.3 Å². The number of Topliss-reactive ketones (excluding diaryl/α,β-unsaturated/α-hetero) is 1. The first-order chi connectivity index (χ1) is 18.0. The predicted octanol–water partition coefficient (Wildman–Crippen LogP) is 4.68. The number of para-hydroxylation sites is 1. The molecule has 1 aromatic heterocycles. The van der Waals surface area contributed by atoms with Crippen molar-refractivity contribution in [2.24, 2.45) is 0 Å². The highest BCUT2D eigenvalue weighted by Crippen LogP contribution is 2.29. The molecular formula is C28H34FN3O5. The van der Waals surface area contributed by atoms with E-state index in [0.29, 0.717) is 42.5 Å². The zero-order chi connectivity index (χ0) is 26.2. The summed E-state index contributed by atoms with van der Waals surface area (Å²) in [6.45, 7) is 2.49. The van der Waals surface area contributed by atoms with Gasteiger partial charge in [-0.3, -0.25) is 9.59 Å². The maximum Gasteiger partial charge on any atom is 0.305 e. The van der Waals surface area contributed by atoms with E-state index in [1.807, 2.05) is 43.3 Å². The minimum absolute atomic E-state index is 0.191. The summed E-state index contributed by atoms with van der Waals surface area (Å²) in [4.78, 5) is 29.6. The van der Waals surface area contributed by atoms with Crippen molar-refractivity contribution >= 4 is 28.5 Å². The molecule has 198 valence electrons. The molecule has 0 saturated carbocycles. The highest BCUT2D eigenvalue weighted by atomic mass is 19.1. The molecule has 1 aliphatic heterocycles. The fourth-order valence-electron chi connectivity index (χ4n) is 4.63. The lowest BCUT2D eigenvalue weighted by molar-refractivity contribution is -0.140. The number of halogens is 1. The van der Waals surface area contributed by atoms with Crippen LogP contribution in [0.25, 0.3) is 11.1 Å². The smallest absolute Gasteiger partial charge is 0.305 e. The molecule has 0 bridgehead atoms. The van der Waals surface area contributed by atoms with Crippen molar-refractivity contribution in [1.29, 1.82) is 0 Å². The Labute approximate surface area is 215 Å². The summed E-state index contributed by atoms with van der Waals surface area (Å²) in [5.41, 5.74) is 3.80. The monoisotopic (exact) mass is 511 g/mol. The number of benzene rings is 2. The number of nitrogens with zero attached hydrogens (tertiary/aromatic N) is 1. The van der Waals surface area contributed by atoms with E-state index in [2.05, 4.69) is 20.4 Å². The molecule has 37 heavy (non-hydrogen) atoms. The number of esters is 1. The van der Waals surface area contributed by atoms with Gasteiger partial charge in [-0.15, -0.1) is 0 Å². The molecule has 2 N–H and O–H groups in total. The standard InChI is InChI=1S/C28H34FN3O5/c1-18-8-5-6-9-21(18)32-26(19-11-12-22-24(14-19)37-17-31-22)27(34)28(23-15-20(29)16-30-23)36-13-7-3-4-10-25(33)35-2/h5-6,8-9,11-12,14,17,20,23,26,28,30,32H,3-4,7,10,13,15-16H2,1-2H3/t20-,23-,26?,28?/m0/s1. The number of ether oxygens (including phenoxy) is 2. The number of carbonyl (C=O) groups excluding carboxylic acids is 2. The summed E-state index contributed by atoms with van der Waals surface area (Å²) in [6.07, 6.45) is 2.15. The van der Waals surface area contributed by atoms with Gasteiger partial charge >= 0.3 is 5.97 Å². The van der Waals surface area contributed by atoms with Crippen molar-refractivity contribution in [3.63, 3.8) is 0 Å². The molecule has 1 saturated heterocycles. The second-order valence-corrected chi connectivity index (χ2v) is 9.40. The molecule has 1 aliphatic rings. The van der Waals surface area contributed by atoms with Crippen LogP contribution in [0, 0.1) is 6.92 Å². The predicted molar refractivity (Wildman–Crippen MR) is 138 cm³/mol. The van der Waals surface area contributed by atoms with Gasteiger partial charge in [-0.25, -0.2) is 9.37 Å². The number of oxazole rings is 1. The van der Waals surface area contributed by atoms with E-state index in [1.54, 1.807) is 6.07 Å². The van der Waals surface area contributed by atoms with Crippen LogP contribution in [0.1, 0.15) is 49.3 Å². The Morgan fingerprint density at radius 1 is 1.22 bits per heavy atom. The highest BCUT2D eigenvalue weighted by molar-refractivity contribution is 5.93. The van der Waals surface area contributed by atoms with E-state index >= 15 is 0 Å². The Hall–Kier alpha value is -3.30. The highest BCUT2D eigenvalue weighted by Gasteiger charge is 2.39. The quantitative estimate of drug-likeness (QED) is 0.252. The van der Waals surface area contributed by atoms with Crippen molar-refractivity contribution in [2.45, 2.75) is 63.4 Å². The van der Waals surface area contributed by atoms with E-state index in [9.17, 15) is 14.0 Å². The SMILES string of the molecule is COC(=O)CCCCCOC(C(=O)C(Nc1ccccc1C)c1ccc2ncoc2c1)[C@@H]1C[C@H](F)CN1. The van der Waals surface area contributed by atoms with Gasteiger partial charge in [0.05, 0.1) is 7.11 Å². The van der Waals surface area contributed by atoms with Crippen LogP contribution in [-0.4, -0.2) is 55.3 Å². The van der Waals surface area contributed by atoms with E-state index < -0.39 is 24.4 Å². The van der Waals surface area contributed by atoms with Gasteiger partial charge in [0, 0.05) is 31.3 Å². The number of nitrogens with one attached hydrogen (secondary N) is 2. The minimum atomic E-state index is -1.03. The third-order valence-corrected chi connectivity index (χ3v) is 6.73. The first kappa shape index (κ1) is 26.8. The summed E-state index contributed by atoms with van der Waals surface area (Å²) in [6, 6.07) is 12.0. The van der Waals surface area contributed by atoms with Gasteiger partial charge in [0.15, 0.2) is 17.8 Å². The van der Waals surface area contributed by atoms with Crippen molar-refractivity contribution < 1.29 is 27.9 Å². The molecule has 4 atom stereocenters. The van der Waals surface area contributed by atoms with E-state index in [1.165, 1.54) is 13.5 Å². The maximum atomic E-state index is 14.2. The molecular weight excluding hydrogens is 477 g/mol. The van der Waals surface area contributed by atoms with E-state index in [-0.39, 0.29) is 24.7 Å². The number of methoxy groups -OCH3 is 1. The summed E-state index contributed by atoms with van der Waals surface area (Å²) < 4.78 is 30.5. The van der Waals surface area contributed by atoms with Crippen molar-refractivity contribution in [2.75, 3.05) is 25.6 Å². The minimum Gasteiger partial charge on any atom is -0.469 e. The topological polar surface area (TPSA) is 103 Å². The molecule has 2 unspecified atom stereocenters. The number of carbonyl (C=O) groups is 2. The third kappa shape index (κ3) is 6.93. The van der Waals surface area contributed by atoms with Gasteiger partial charge in [-0.1, -0.05) is 30.7 Å². The number of fused-ring (bicyclic) bond motifs is 1. The number of hydrogen-bond acceptors (Lipinski definition) is 8. The van der Waals surface area contributed by atoms with Crippen molar-refractivity contribution in [3.8, 4) is 0 Å². The zero-order valence-electron chi connectivity index (χ0n) is 21.2. The molecule has 9 heteroatoms. The summed E-state index contributed by atoms with van der Waals surface area (Å²) in [7, 11) is 1.37. The molecule has 0 amide bonds. The molecule has 0 aliphatic carbocycles. The van der Waals surface area contributed by atoms with Gasteiger partial charge in [0.1, 0.15) is 23.8 Å². The van der Waals surface area contributed by atoms with Gasteiger partial charge in [-0.05, 0) is 55.5 Å². The lowest BCUT2D eigenvalue weighted by atomic mass is 9.93. The number of hydrogen-bond donors (Lipinski definition) is 2. The molecule has 0 radical (unpaired) electrons. The Kier molecular flexibility index (Phi) is 9.24. The lowest BCUT2D eigenvalue weighted by Crippen LogP contribution is -2.46. The number of ketones is 1. The van der Waals surface area contributed by atoms with Gasteiger partial charge < -0.3 is 24.5 Å². The van der Waals surface area contributed by atoms with Crippen LogP contribution in [0.4, 0.5) is 10.1 Å². The van der Waals surface area contributed by atoms with E-state index in [4.69, 9.17) is 9.15 Å². The molecule has 1 fully saturated rings. The van der Waals surface area contributed by atoms with Crippen LogP contribution >= 0.6 is 0 Å². The number of aryl methyl sites for hydroxylation is 1. The van der Waals surface area contributed by atoms with Crippen LogP contribution < -0.4 is 10.6 Å². The zero-order valence-corrected chi connectivity index (χ0v) is 21.2. The normalized spacial score (nSPS) is 19.0. The summed E-state index contributed by atoms with van der Waals surface area (Å²) >= 11 is 0. The molecule has 4 rings (SSSR count). The molecule has 2 heterocycles. The van der Waals surface area contributed by atoms with Crippen molar-refractivity contribution in [1.82, 2.24) is 10.3 Å². The molecule has 2 aromatic carbocycles. The van der Waals surface area contributed by atoms with Crippen LogP contribution in [-0.2, 0) is 19.1 Å². The number of aromatic nitrogens is 1. The van der Waals surface area contributed by atoms with E-state index in [0.717, 1.165) is 17.7 Å². The van der Waals surface area contributed by atoms with Gasteiger partial charge in [0.25, 0.3) is 0 Å². The fraction of sp³-hybridized carbons (Fsp3) is 0.464. The average Bonchev–Trinajstić information content (AvgIpc) is 3.55. The fourth-order valence-corrected chi connectivity index (χ4v) is 4.63. The second kappa shape index (κ2) is 12.8. The number of alkyl halides is 1. The van der Waals surface area contributed by atoms with Gasteiger partial charge in [0.2, 0.25) is 0 Å². The Balaban J connectivity index is 1.55. The molecule has 3 aromatic rings. The Bertz CT molecular complexity index is 1200. The van der Waals surface area contributed by atoms with Gasteiger partial charge in [-0.2, -0.15) is 0 Å². The van der Waals surface area contributed by atoms with Crippen molar-refractivity contribution in [3.05, 3.63) is 60.0 Å².